The summed E-state index contributed by atoms with van der Waals surface area (Å²) in [6.45, 7) is 1.00. The minimum absolute atomic E-state index is 0.0823. The molecule has 2 aliphatic heterocycles. The summed E-state index contributed by atoms with van der Waals surface area (Å²) in [4.78, 5) is 41.4. The first-order valence-electron chi connectivity index (χ1n) is 8.17. The third-order valence-electron chi connectivity index (χ3n) is 5.38. The number of imide groups is 1. The number of hydrogen-bond donors (Lipinski definition) is 0. The molecule has 130 valence electrons. The molecule has 24 heavy (non-hydrogen) atoms. The molecule has 0 bridgehead atoms. The Morgan fingerprint density at radius 2 is 1.88 bits per heavy atom. The summed E-state index contributed by atoms with van der Waals surface area (Å²) in [6, 6.07) is 1.64. The standard InChI is InChI=1S/C16H23N5O3/c1-18-14(23)16(19(2)15(18)24)7-10-21(11-8-16)13(22)5-4-12-6-9-17-20(12)3/h6,9H,4-5,7-8,10-11H2,1-3H3. The summed E-state index contributed by atoms with van der Waals surface area (Å²) >= 11 is 0. The number of carbonyl (C=O) groups excluding carboxylic acids is 3. The van der Waals surface area contributed by atoms with E-state index >= 15 is 0 Å². The average Bonchev–Trinajstić information content (AvgIpc) is 3.07. The van der Waals surface area contributed by atoms with Crippen molar-refractivity contribution in [3.05, 3.63) is 18.0 Å². The minimum Gasteiger partial charge on any atom is -0.342 e. The lowest BCUT2D eigenvalue weighted by atomic mass is 9.86. The molecule has 2 aliphatic rings. The molecule has 3 heterocycles. The highest BCUT2D eigenvalue weighted by Crippen LogP contribution is 2.35. The summed E-state index contributed by atoms with van der Waals surface area (Å²) in [5.74, 6) is -0.0733. The Labute approximate surface area is 141 Å². The molecular weight excluding hydrogens is 310 g/mol. The number of aryl methyl sites for hydroxylation is 2. The largest absolute Gasteiger partial charge is 0.342 e. The molecule has 0 aromatic carbocycles. The lowest BCUT2D eigenvalue weighted by Crippen LogP contribution is -2.56. The second-order valence-corrected chi connectivity index (χ2v) is 6.56. The molecule has 1 aromatic rings. The molecule has 2 saturated heterocycles. The van der Waals surface area contributed by atoms with Crippen molar-refractivity contribution in [3.63, 3.8) is 0 Å². The van der Waals surface area contributed by atoms with Gasteiger partial charge < -0.3 is 9.80 Å². The van der Waals surface area contributed by atoms with Crippen LogP contribution >= 0.6 is 0 Å². The van der Waals surface area contributed by atoms with Crippen LogP contribution in [-0.4, -0.2) is 75.0 Å². The highest BCUT2D eigenvalue weighted by molar-refractivity contribution is 6.06. The third kappa shape index (κ3) is 2.46. The molecule has 0 N–H and O–H groups in total. The van der Waals surface area contributed by atoms with Crippen molar-refractivity contribution in [2.24, 2.45) is 7.05 Å². The van der Waals surface area contributed by atoms with Gasteiger partial charge in [-0.2, -0.15) is 5.10 Å². The quantitative estimate of drug-likeness (QED) is 0.742. The predicted molar refractivity (Wildman–Crippen MR) is 86.0 cm³/mol. The van der Waals surface area contributed by atoms with Crippen molar-refractivity contribution in [1.29, 1.82) is 0 Å². The average molecular weight is 333 g/mol. The van der Waals surface area contributed by atoms with Crippen LogP contribution in [0.2, 0.25) is 0 Å². The Hall–Kier alpha value is -2.38. The number of amides is 4. The molecule has 1 spiro atoms. The maximum Gasteiger partial charge on any atom is 0.327 e. The summed E-state index contributed by atoms with van der Waals surface area (Å²) < 4.78 is 1.77. The van der Waals surface area contributed by atoms with Crippen LogP contribution in [-0.2, 0) is 23.1 Å². The maximum atomic E-state index is 12.4. The molecule has 0 atom stereocenters. The first kappa shape index (κ1) is 16.5. The number of urea groups is 1. The van der Waals surface area contributed by atoms with Crippen molar-refractivity contribution in [1.82, 2.24) is 24.5 Å². The summed E-state index contributed by atoms with van der Waals surface area (Å²) in [5, 5.41) is 4.10. The number of rotatable bonds is 3. The number of nitrogens with zero attached hydrogens (tertiary/aromatic N) is 5. The summed E-state index contributed by atoms with van der Waals surface area (Å²) in [6.07, 6.45) is 3.79. The Bertz CT molecular complexity index is 675. The van der Waals surface area contributed by atoms with E-state index in [0.717, 1.165) is 5.69 Å². The van der Waals surface area contributed by atoms with E-state index in [1.807, 2.05) is 13.1 Å². The molecule has 8 nitrogen and oxygen atoms in total. The van der Waals surface area contributed by atoms with E-state index in [1.165, 1.54) is 16.8 Å². The van der Waals surface area contributed by atoms with Gasteiger partial charge in [0.05, 0.1) is 0 Å². The van der Waals surface area contributed by atoms with Gasteiger partial charge in [-0.05, 0) is 25.3 Å². The van der Waals surface area contributed by atoms with Crippen LogP contribution in [0.3, 0.4) is 0 Å². The van der Waals surface area contributed by atoms with Gasteiger partial charge in [0.15, 0.2) is 0 Å². The Morgan fingerprint density at radius 3 is 2.38 bits per heavy atom. The van der Waals surface area contributed by atoms with Crippen LogP contribution in [0.5, 0.6) is 0 Å². The molecule has 2 fully saturated rings. The van der Waals surface area contributed by atoms with E-state index < -0.39 is 5.54 Å². The molecule has 3 rings (SSSR count). The van der Waals surface area contributed by atoms with Crippen molar-refractivity contribution in [2.45, 2.75) is 31.2 Å². The SMILES string of the molecule is CN1C(=O)N(C)C2(CCN(C(=O)CCc3ccnn3C)CC2)C1=O. The smallest absolute Gasteiger partial charge is 0.327 e. The fraction of sp³-hybridized carbons (Fsp3) is 0.625. The zero-order valence-corrected chi connectivity index (χ0v) is 14.4. The summed E-state index contributed by atoms with van der Waals surface area (Å²) in [7, 11) is 5.05. The van der Waals surface area contributed by atoms with E-state index in [9.17, 15) is 14.4 Å². The fourth-order valence-corrected chi connectivity index (χ4v) is 3.67. The van der Waals surface area contributed by atoms with Crippen molar-refractivity contribution >= 4 is 17.8 Å². The molecule has 0 aliphatic carbocycles. The highest BCUT2D eigenvalue weighted by atomic mass is 16.2. The second-order valence-electron chi connectivity index (χ2n) is 6.56. The van der Waals surface area contributed by atoms with Crippen LogP contribution in [0.15, 0.2) is 12.3 Å². The van der Waals surface area contributed by atoms with E-state index in [4.69, 9.17) is 0 Å². The van der Waals surface area contributed by atoms with Crippen LogP contribution in [0.1, 0.15) is 25.0 Å². The molecule has 0 unspecified atom stereocenters. The second kappa shape index (κ2) is 5.92. The molecule has 8 heteroatoms. The minimum atomic E-state index is -0.773. The number of hydrogen-bond acceptors (Lipinski definition) is 4. The Balaban J connectivity index is 1.59. The predicted octanol–water partition coefficient (Wildman–Crippen LogP) is 0.238. The van der Waals surface area contributed by atoms with Gasteiger partial charge in [-0.25, -0.2) is 4.79 Å². The van der Waals surface area contributed by atoms with Crippen LogP contribution in [0.4, 0.5) is 4.79 Å². The van der Waals surface area contributed by atoms with E-state index in [0.29, 0.717) is 38.8 Å². The Morgan fingerprint density at radius 1 is 1.21 bits per heavy atom. The van der Waals surface area contributed by atoms with E-state index in [-0.39, 0.29) is 17.8 Å². The van der Waals surface area contributed by atoms with Gasteiger partial charge >= 0.3 is 6.03 Å². The van der Waals surface area contributed by atoms with Gasteiger partial charge in [-0.3, -0.25) is 19.2 Å². The first-order valence-corrected chi connectivity index (χ1v) is 8.17. The van der Waals surface area contributed by atoms with Crippen LogP contribution in [0.25, 0.3) is 0 Å². The van der Waals surface area contributed by atoms with Gasteiger partial charge in [0.2, 0.25) is 5.91 Å². The van der Waals surface area contributed by atoms with Crippen molar-refractivity contribution < 1.29 is 14.4 Å². The highest BCUT2D eigenvalue weighted by Gasteiger charge is 2.55. The Kier molecular flexibility index (Phi) is 4.06. The molecule has 1 aromatic heterocycles. The van der Waals surface area contributed by atoms with Gasteiger partial charge in [0.1, 0.15) is 5.54 Å². The number of likely N-dealkylation sites (N-methyl/N-ethyl adjacent to an activating group) is 2. The number of piperidine rings is 1. The normalized spacial score (nSPS) is 20.4. The number of carbonyl (C=O) groups is 3. The lowest BCUT2D eigenvalue weighted by molar-refractivity contribution is -0.140. The first-order chi connectivity index (χ1) is 11.4. The topological polar surface area (TPSA) is 78.8 Å². The van der Waals surface area contributed by atoms with Gasteiger partial charge in [0.25, 0.3) is 5.91 Å². The maximum absolute atomic E-state index is 12.4. The molecule has 0 radical (unpaired) electrons. The van der Waals surface area contributed by atoms with Crippen LogP contribution in [0, 0.1) is 0 Å². The summed E-state index contributed by atoms with van der Waals surface area (Å²) in [5.41, 5.74) is 0.250. The van der Waals surface area contributed by atoms with Gasteiger partial charge in [-0.1, -0.05) is 0 Å². The number of likely N-dealkylation sites (tertiary alicyclic amines) is 1. The van der Waals surface area contributed by atoms with Crippen molar-refractivity contribution in [2.75, 3.05) is 27.2 Å². The van der Waals surface area contributed by atoms with Crippen molar-refractivity contribution in [3.8, 4) is 0 Å². The number of aromatic nitrogens is 2. The van der Waals surface area contributed by atoms with E-state index in [2.05, 4.69) is 5.10 Å². The fourth-order valence-electron chi connectivity index (χ4n) is 3.67. The van der Waals surface area contributed by atoms with E-state index in [1.54, 1.807) is 22.8 Å². The third-order valence-corrected chi connectivity index (χ3v) is 5.38. The molecular formula is C16H23N5O3. The zero-order valence-electron chi connectivity index (χ0n) is 14.4. The zero-order chi connectivity index (χ0) is 17.5. The van der Waals surface area contributed by atoms with Gasteiger partial charge in [-0.15, -0.1) is 0 Å². The monoisotopic (exact) mass is 333 g/mol. The lowest BCUT2D eigenvalue weighted by Gasteiger charge is -2.40. The molecule has 0 saturated carbocycles. The van der Waals surface area contributed by atoms with Crippen LogP contribution < -0.4 is 0 Å². The van der Waals surface area contributed by atoms with Gasteiger partial charge in [0, 0.05) is 52.5 Å². The molecule has 4 amide bonds.